The van der Waals surface area contributed by atoms with Gasteiger partial charge in [-0.05, 0) is 43.7 Å². The molecule has 0 N–H and O–H groups in total. The lowest BCUT2D eigenvalue weighted by molar-refractivity contribution is -0.143. The van der Waals surface area contributed by atoms with Crippen molar-refractivity contribution in [2.45, 2.75) is 57.5 Å². The smallest absolute Gasteiger partial charge is 0.319 e. The number of furan rings is 1. The maximum absolute atomic E-state index is 12.4. The quantitative estimate of drug-likeness (QED) is 0.487. The first-order chi connectivity index (χ1) is 13.5. The predicted molar refractivity (Wildman–Crippen MR) is 110 cm³/mol. The molecule has 28 heavy (non-hydrogen) atoms. The van der Waals surface area contributed by atoms with Crippen LogP contribution < -0.4 is 4.90 Å². The van der Waals surface area contributed by atoms with Gasteiger partial charge in [-0.15, -0.1) is 10.2 Å². The molecule has 154 valence electrons. The van der Waals surface area contributed by atoms with Gasteiger partial charge in [0.15, 0.2) is 5.16 Å². The molecule has 2 aromatic rings. The Morgan fingerprint density at radius 3 is 2.71 bits per heavy atom. The van der Waals surface area contributed by atoms with E-state index in [1.807, 2.05) is 32.9 Å². The highest BCUT2D eigenvalue weighted by molar-refractivity contribution is 8.00. The molecule has 1 fully saturated rings. The first-order valence-corrected chi connectivity index (χ1v) is 10.9. The van der Waals surface area contributed by atoms with Crippen LogP contribution in [0.2, 0.25) is 0 Å². The second kappa shape index (κ2) is 9.49. The highest BCUT2D eigenvalue weighted by Crippen LogP contribution is 2.32. The lowest BCUT2D eigenvalue weighted by atomic mass is 10.00. The van der Waals surface area contributed by atoms with Gasteiger partial charge in [-0.2, -0.15) is 0 Å². The number of rotatable bonds is 8. The highest BCUT2D eigenvalue weighted by atomic mass is 32.2. The molecule has 1 atom stereocenters. The molecule has 1 aliphatic rings. The number of carbonyl (C=O) groups is 1. The molecule has 0 saturated carbocycles. The van der Waals surface area contributed by atoms with Crippen molar-refractivity contribution in [1.82, 2.24) is 14.8 Å². The summed E-state index contributed by atoms with van der Waals surface area (Å²) < 4.78 is 12.9. The number of anilines is 1. The molecule has 0 aromatic carbocycles. The van der Waals surface area contributed by atoms with Gasteiger partial charge in [0, 0.05) is 13.1 Å². The van der Waals surface area contributed by atoms with Gasteiger partial charge in [0.25, 0.3) is 0 Å². The number of thioether (sulfide) groups is 1. The Morgan fingerprint density at radius 1 is 1.36 bits per heavy atom. The maximum Gasteiger partial charge on any atom is 0.319 e. The molecule has 8 heteroatoms. The zero-order valence-electron chi connectivity index (χ0n) is 17.1. The molecule has 0 spiro atoms. The monoisotopic (exact) mass is 406 g/mol. The van der Waals surface area contributed by atoms with Crippen LogP contribution in [0.25, 0.3) is 0 Å². The van der Waals surface area contributed by atoms with Crippen LogP contribution in [-0.4, -0.2) is 45.7 Å². The van der Waals surface area contributed by atoms with Crippen LogP contribution in [0.4, 0.5) is 5.95 Å². The zero-order chi connectivity index (χ0) is 20.1. The summed E-state index contributed by atoms with van der Waals surface area (Å²) in [6, 6.07) is 3.83. The fraction of sp³-hybridized carbons (Fsp3) is 0.650. The van der Waals surface area contributed by atoms with Crippen molar-refractivity contribution in [3.63, 3.8) is 0 Å². The van der Waals surface area contributed by atoms with Crippen molar-refractivity contribution in [3.05, 3.63) is 24.2 Å². The second-order valence-corrected chi connectivity index (χ2v) is 8.76. The fourth-order valence-corrected chi connectivity index (χ4v) is 4.33. The summed E-state index contributed by atoms with van der Waals surface area (Å²) in [5.74, 6) is 2.34. The van der Waals surface area contributed by atoms with E-state index in [4.69, 9.17) is 9.15 Å². The van der Waals surface area contributed by atoms with Crippen LogP contribution >= 0.6 is 11.8 Å². The van der Waals surface area contributed by atoms with Crippen LogP contribution in [0, 0.1) is 11.8 Å². The Kier molecular flexibility index (Phi) is 7.04. The molecule has 0 aliphatic carbocycles. The number of hydrogen-bond acceptors (Lipinski definition) is 7. The largest absolute Gasteiger partial charge is 0.467 e. The van der Waals surface area contributed by atoms with Crippen molar-refractivity contribution in [2.75, 3.05) is 24.6 Å². The minimum absolute atomic E-state index is 0.122. The Hall–Kier alpha value is -1.96. The van der Waals surface area contributed by atoms with Crippen LogP contribution in [0.15, 0.2) is 28.0 Å². The molecule has 7 nitrogen and oxygen atoms in total. The first-order valence-electron chi connectivity index (χ1n) is 10.0. The number of piperidine rings is 1. The van der Waals surface area contributed by atoms with Gasteiger partial charge in [0.2, 0.25) is 5.95 Å². The van der Waals surface area contributed by atoms with E-state index in [1.165, 1.54) is 11.8 Å². The Labute approximate surface area is 170 Å². The van der Waals surface area contributed by atoms with Crippen LogP contribution in [-0.2, 0) is 16.1 Å². The van der Waals surface area contributed by atoms with E-state index in [0.717, 1.165) is 48.7 Å². The Bertz CT molecular complexity index is 752. The second-order valence-electron chi connectivity index (χ2n) is 7.65. The average molecular weight is 407 g/mol. The molecule has 1 saturated heterocycles. The number of nitrogens with zero attached hydrogens (tertiary/aromatic N) is 4. The molecule has 1 aliphatic heterocycles. The van der Waals surface area contributed by atoms with Gasteiger partial charge in [-0.3, -0.25) is 9.36 Å². The Morgan fingerprint density at radius 2 is 2.11 bits per heavy atom. The third kappa shape index (κ3) is 4.90. The molecular formula is C20H30N4O3S. The molecule has 2 aromatic heterocycles. The van der Waals surface area contributed by atoms with E-state index < -0.39 is 0 Å². The summed E-state index contributed by atoms with van der Waals surface area (Å²) in [6.07, 6.45) is 3.96. The molecule has 0 bridgehead atoms. The third-order valence-electron chi connectivity index (χ3n) is 5.01. The summed E-state index contributed by atoms with van der Waals surface area (Å²) in [6.45, 7) is 11.0. The summed E-state index contributed by atoms with van der Waals surface area (Å²) in [5, 5.41) is 9.32. The van der Waals surface area contributed by atoms with E-state index >= 15 is 0 Å². The van der Waals surface area contributed by atoms with Crippen LogP contribution in [0.1, 0.15) is 46.3 Å². The van der Waals surface area contributed by atoms with E-state index in [9.17, 15) is 4.79 Å². The minimum atomic E-state index is -0.325. The fourth-order valence-electron chi connectivity index (χ4n) is 3.30. The number of esters is 1. The van der Waals surface area contributed by atoms with E-state index in [2.05, 4.69) is 26.6 Å². The van der Waals surface area contributed by atoms with E-state index in [0.29, 0.717) is 13.2 Å². The lowest BCUT2D eigenvalue weighted by Crippen LogP contribution is -2.35. The maximum atomic E-state index is 12.4. The zero-order valence-corrected chi connectivity index (χ0v) is 17.9. The highest BCUT2D eigenvalue weighted by Gasteiger charge is 2.30. The summed E-state index contributed by atoms with van der Waals surface area (Å²) >= 11 is 1.43. The minimum Gasteiger partial charge on any atom is -0.467 e. The molecular weight excluding hydrogens is 376 g/mol. The van der Waals surface area contributed by atoms with E-state index in [1.54, 1.807) is 6.26 Å². The predicted octanol–water partition coefficient (Wildman–Crippen LogP) is 3.84. The SMILES string of the molecule is CCOC(=O)[C@@H](Sc1nnc(N2CCC(C)CC2)n1Cc1ccco1)C(C)C. The van der Waals surface area contributed by atoms with Crippen molar-refractivity contribution in [2.24, 2.45) is 11.8 Å². The van der Waals surface area contributed by atoms with Gasteiger partial charge in [-0.1, -0.05) is 32.5 Å². The molecule has 0 radical (unpaired) electrons. The Balaban J connectivity index is 1.88. The normalized spacial score (nSPS) is 16.5. The van der Waals surface area contributed by atoms with Crippen molar-refractivity contribution < 1.29 is 13.9 Å². The van der Waals surface area contributed by atoms with Gasteiger partial charge >= 0.3 is 5.97 Å². The number of ether oxygens (including phenoxy) is 1. The number of aromatic nitrogens is 3. The van der Waals surface area contributed by atoms with Crippen molar-refractivity contribution >= 4 is 23.7 Å². The summed E-state index contributed by atoms with van der Waals surface area (Å²) in [4.78, 5) is 14.7. The van der Waals surface area contributed by atoms with Gasteiger partial charge in [0.05, 0.1) is 19.4 Å². The molecule has 3 rings (SSSR count). The van der Waals surface area contributed by atoms with E-state index in [-0.39, 0.29) is 17.1 Å². The van der Waals surface area contributed by atoms with Crippen molar-refractivity contribution in [1.29, 1.82) is 0 Å². The van der Waals surface area contributed by atoms with Crippen LogP contribution in [0.5, 0.6) is 0 Å². The number of hydrogen-bond donors (Lipinski definition) is 0. The topological polar surface area (TPSA) is 73.4 Å². The van der Waals surface area contributed by atoms with Gasteiger partial charge < -0.3 is 14.1 Å². The standard InChI is InChI=1S/C20H30N4O3S/c1-5-26-18(25)17(14(2)3)28-20-22-21-19(23-10-8-15(4)9-11-23)24(20)13-16-7-6-12-27-16/h6-7,12,14-15,17H,5,8-11,13H2,1-4H3/t17-/m0/s1. The van der Waals surface area contributed by atoms with Crippen LogP contribution in [0.3, 0.4) is 0 Å². The summed E-state index contributed by atoms with van der Waals surface area (Å²) in [5.41, 5.74) is 0. The lowest BCUT2D eigenvalue weighted by Gasteiger charge is -2.31. The third-order valence-corrected chi connectivity index (χ3v) is 6.52. The van der Waals surface area contributed by atoms with Gasteiger partial charge in [0.1, 0.15) is 11.0 Å². The molecule has 3 heterocycles. The average Bonchev–Trinajstić information content (AvgIpc) is 3.31. The molecule has 0 amide bonds. The number of carbonyl (C=O) groups excluding carboxylic acids is 1. The molecule has 0 unspecified atom stereocenters. The first kappa shape index (κ1) is 20.8. The summed E-state index contributed by atoms with van der Waals surface area (Å²) in [7, 11) is 0. The van der Waals surface area contributed by atoms with Gasteiger partial charge in [-0.25, -0.2) is 0 Å². The van der Waals surface area contributed by atoms with Crippen molar-refractivity contribution in [3.8, 4) is 0 Å².